The third-order valence-corrected chi connectivity index (χ3v) is 4.03. The molecule has 3 heteroatoms. The van der Waals surface area contributed by atoms with Gasteiger partial charge in [0.2, 0.25) is 0 Å². The summed E-state index contributed by atoms with van der Waals surface area (Å²) in [7, 11) is 0. The first-order chi connectivity index (χ1) is 8.08. The number of nitrogen functional groups attached to an aromatic ring is 1. The molecule has 1 aliphatic rings. The summed E-state index contributed by atoms with van der Waals surface area (Å²) < 4.78 is 0. The molecule has 3 unspecified atom stereocenters. The molecule has 17 heavy (non-hydrogen) atoms. The Morgan fingerprint density at radius 2 is 2.18 bits per heavy atom. The van der Waals surface area contributed by atoms with Gasteiger partial charge in [0.15, 0.2) is 0 Å². The summed E-state index contributed by atoms with van der Waals surface area (Å²) in [5.41, 5.74) is 7.35. The van der Waals surface area contributed by atoms with Gasteiger partial charge in [-0.25, -0.2) is 0 Å². The van der Waals surface area contributed by atoms with Gasteiger partial charge < -0.3 is 10.8 Å². The molecule has 1 fully saturated rings. The van der Waals surface area contributed by atoms with E-state index in [4.69, 9.17) is 17.3 Å². The molecule has 1 aliphatic carbocycles. The molecule has 0 saturated heterocycles. The second-order valence-electron chi connectivity index (χ2n) is 5.25. The van der Waals surface area contributed by atoms with Gasteiger partial charge in [-0.2, -0.15) is 0 Å². The van der Waals surface area contributed by atoms with Crippen LogP contribution in [0.5, 0.6) is 0 Å². The van der Waals surface area contributed by atoms with E-state index in [1.165, 1.54) is 12.8 Å². The van der Waals surface area contributed by atoms with Crippen LogP contribution in [-0.4, -0.2) is 5.11 Å². The van der Waals surface area contributed by atoms with E-state index < -0.39 is 6.10 Å². The molecule has 1 saturated carbocycles. The lowest BCUT2D eigenvalue weighted by Crippen LogP contribution is -2.20. The zero-order chi connectivity index (χ0) is 12.4. The van der Waals surface area contributed by atoms with Crippen LogP contribution in [0, 0.1) is 11.8 Å². The van der Waals surface area contributed by atoms with E-state index in [2.05, 4.69) is 6.92 Å². The second-order valence-corrected chi connectivity index (χ2v) is 5.69. The van der Waals surface area contributed by atoms with Crippen LogP contribution in [0.3, 0.4) is 0 Å². The summed E-state index contributed by atoms with van der Waals surface area (Å²) in [5, 5.41) is 11.0. The fraction of sp³-hybridized carbons (Fsp3) is 0.571. The molecule has 3 atom stereocenters. The molecule has 0 aromatic heterocycles. The first-order valence-electron chi connectivity index (χ1n) is 6.31. The fourth-order valence-corrected chi connectivity index (χ4v) is 3.02. The summed E-state index contributed by atoms with van der Waals surface area (Å²) in [6.07, 6.45) is 4.21. The number of halogens is 1. The Morgan fingerprint density at radius 3 is 2.82 bits per heavy atom. The van der Waals surface area contributed by atoms with Crippen LogP contribution in [0.1, 0.15) is 44.3 Å². The van der Waals surface area contributed by atoms with E-state index in [1.807, 2.05) is 6.07 Å². The average molecular weight is 254 g/mol. The van der Waals surface area contributed by atoms with Crippen molar-refractivity contribution in [1.82, 2.24) is 0 Å². The van der Waals surface area contributed by atoms with Gasteiger partial charge in [0.05, 0.1) is 6.10 Å². The Kier molecular flexibility index (Phi) is 3.95. The molecule has 1 aromatic rings. The number of benzene rings is 1. The summed E-state index contributed by atoms with van der Waals surface area (Å²) in [4.78, 5) is 0. The molecule has 3 N–H and O–H groups in total. The van der Waals surface area contributed by atoms with Gasteiger partial charge in [-0.1, -0.05) is 37.4 Å². The normalized spacial score (nSPS) is 26.8. The molecule has 0 spiro atoms. The molecular formula is C14H20ClNO. The van der Waals surface area contributed by atoms with Crippen molar-refractivity contribution in [2.75, 3.05) is 5.73 Å². The topological polar surface area (TPSA) is 46.2 Å². The number of rotatable bonds is 2. The Morgan fingerprint density at radius 1 is 1.41 bits per heavy atom. The molecule has 0 amide bonds. The van der Waals surface area contributed by atoms with Crippen molar-refractivity contribution < 1.29 is 5.11 Å². The van der Waals surface area contributed by atoms with Gasteiger partial charge in [0, 0.05) is 16.3 Å². The Hall–Kier alpha value is -0.730. The third kappa shape index (κ3) is 2.93. The first kappa shape index (κ1) is 12.7. The van der Waals surface area contributed by atoms with Crippen LogP contribution in [0.2, 0.25) is 5.02 Å². The van der Waals surface area contributed by atoms with E-state index in [0.29, 0.717) is 22.5 Å². The maximum atomic E-state index is 10.4. The van der Waals surface area contributed by atoms with Crippen molar-refractivity contribution in [3.63, 3.8) is 0 Å². The molecular weight excluding hydrogens is 234 g/mol. The SMILES string of the molecule is CC1CCCC(C(O)c2ccc(Cl)cc2N)C1. The standard InChI is InChI=1S/C14H20ClNO/c1-9-3-2-4-10(7-9)14(17)12-6-5-11(15)8-13(12)16/h5-6,8-10,14,17H,2-4,7,16H2,1H3. The van der Waals surface area contributed by atoms with Gasteiger partial charge in [0.25, 0.3) is 0 Å². The quantitative estimate of drug-likeness (QED) is 0.788. The monoisotopic (exact) mass is 253 g/mol. The van der Waals surface area contributed by atoms with Gasteiger partial charge in [0.1, 0.15) is 0 Å². The van der Waals surface area contributed by atoms with Gasteiger partial charge >= 0.3 is 0 Å². The van der Waals surface area contributed by atoms with Crippen LogP contribution in [0.4, 0.5) is 5.69 Å². The minimum absolute atomic E-state index is 0.335. The Bertz CT molecular complexity index is 394. The summed E-state index contributed by atoms with van der Waals surface area (Å²) in [5.74, 6) is 1.04. The lowest BCUT2D eigenvalue weighted by molar-refractivity contribution is 0.0720. The summed E-state index contributed by atoms with van der Waals surface area (Å²) >= 11 is 5.87. The Labute approximate surface area is 108 Å². The van der Waals surface area contributed by atoms with Crippen molar-refractivity contribution in [2.45, 2.75) is 38.7 Å². The minimum atomic E-state index is -0.449. The van der Waals surface area contributed by atoms with E-state index in [0.717, 1.165) is 18.4 Å². The maximum absolute atomic E-state index is 10.4. The van der Waals surface area contributed by atoms with Gasteiger partial charge in [-0.3, -0.25) is 0 Å². The third-order valence-electron chi connectivity index (χ3n) is 3.79. The highest BCUT2D eigenvalue weighted by Gasteiger charge is 2.27. The highest BCUT2D eigenvalue weighted by Crippen LogP contribution is 2.38. The largest absolute Gasteiger partial charge is 0.398 e. The van der Waals surface area contributed by atoms with Crippen molar-refractivity contribution in [3.05, 3.63) is 28.8 Å². The number of hydrogen-bond donors (Lipinski definition) is 2. The van der Waals surface area contributed by atoms with Crippen molar-refractivity contribution in [3.8, 4) is 0 Å². The van der Waals surface area contributed by atoms with E-state index in [1.54, 1.807) is 12.1 Å². The van der Waals surface area contributed by atoms with E-state index in [9.17, 15) is 5.11 Å². The molecule has 94 valence electrons. The molecule has 0 radical (unpaired) electrons. The summed E-state index contributed by atoms with van der Waals surface area (Å²) in [6, 6.07) is 5.36. The maximum Gasteiger partial charge on any atom is 0.0838 e. The van der Waals surface area contributed by atoms with Crippen molar-refractivity contribution in [1.29, 1.82) is 0 Å². The molecule has 2 nitrogen and oxygen atoms in total. The van der Waals surface area contributed by atoms with E-state index >= 15 is 0 Å². The van der Waals surface area contributed by atoms with Crippen molar-refractivity contribution in [2.24, 2.45) is 11.8 Å². The summed E-state index contributed by atoms with van der Waals surface area (Å²) in [6.45, 7) is 2.25. The predicted octanol–water partition coefficient (Wildman–Crippen LogP) is 3.78. The molecule has 0 heterocycles. The Balaban J connectivity index is 2.15. The molecule has 0 aliphatic heterocycles. The molecule has 1 aromatic carbocycles. The number of nitrogens with two attached hydrogens (primary N) is 1. The lowest BCUT2D eigenvalue weighted by atomic mass is 9.78. The van der Waals surface area contributed by atoms with Gasteiger partial charge in [-0.05, 0) is 36.8 Å². The first-order valence-corrected chi connectivity index (χ1v) is 6.68. The fourth-order valence-electron chi connectivity index (χ4n) is 2.84. The number of hydrogen-bond acceptors (Lipinski definition) is 2. The zero-order valence-electron chi connectivity index (χ0n) is 10.2. The smallest absolute Gasteiger partial charge is 0.0838 e. The van der Waals surface area contributed by atoms with Crippen LogP contribution >= 0.6 is 11.6 Å². The average Bonchev–Trinajstić information content (AvgIpc) is 2.28. The van der Waals surface area contributed by atoms with E-state index in [-0.39, 0.29) is 0 Å². The van der Waals surface area contributed by atoms with Crippen LogP contribution in [0.15, 0.2) is 18.2 Å². The van der Waals surface area contributed by atoms with Crippen LogP contribution < -0.4 is 5.73 Å². The highest BCUT2D eigenvalue weighted by molar-refractivity contribution is 6.30. The minimum Gasteiger partial charge on any atom is -0.398 e. The predicted molar refractivity (Wildman–Crippen MR) is 71.9 cm³/mol. The highest BCUT2D eigenvalue weighted by atomic mass is 35.5. The van der Waals surface area contributed by atoms with Crippen molar-refractivity contribution >= 4 is 17.3 Å². The second kappa shape index (κ2) is 5.28. The van der Waals surface area contributed by atoms with Crippen LogP contribution in [0.25, 0.3) is 0 Å². The number of aliphatic hydroxyl groups is 1. The van der Waals surface area contributed by atoms with Gasteiger partial charge in [-0.15, -0.1) is 0 Å². The zero-order valence-corrected chi connectivity index (χ0v) is 11.0. The van der Waals surface area contributed by atoms with Crippen LogP contribution in [-0.2, 0) is 0 Å². The molecule has 2 rings (SSSR count). The number of aliphatic hydroxyl groups excluding tert-OH is 1. The lowest BCUT2D eigenvalue weighted by Gasteiger charge is -2.31. The number of anilines is 1. The molecule has 0 bridgehead atoms.